The Hall–Kier alpha value is -2.82. The number of rotatable bonds is 6. The van der Waals surface area contributed by atoms with Crippen molar-refractivity contribution in [3.8, 4) is 0 Å². The zero-order valence-electron chi connectivity index (χ0n) is 20.4. The molecule has 2 heterocycles. The SMILES string of the molecule is NC[C@H]1CC[C@H](CN2C(=O)S/C(=C(/Cc3ccc(Cl)cc3C(F)(F)F)c3ccc4[nH]ncc4c3)C2=O)CC1. The third kappa shape index (κ3) is 5.48. The third-order valence-corrected chi connectivity index (χ3v) is 8.65. The summed E-state index contributed by atoms with van der Waals surface area (Å²) in [6.45, 7) is 0.931. The molecular formula is C27H26ClF3N4O2S. The number of hydrogen-bond acceptors (Lipinski definition) is 5. The van der Waals surface area contributed by atoms with Gasteiger partial charge in [-0.1, -0.05) is 23.7 Å². The van der Waals surface area contributed by atoms with Crippen LogP contribution in [-0.4, -0.2) is 39.3 Å². The van der Waals surface area contributed by atoms with E-state index in [0.717, 1.165) is 54.4 Å². The number of H-pyrrole nitrogens is 1. The van der Waals surface area contributed by atoms with Gasteiger partial charge in [0.25, 0.3) is 11.1 Å². The molecule has 1 aliphatic heterocycles. The van der Waals surface area contributed by atoms with E-state index in [-0.39, 0.29) is 27.8 Å². The predicted octanol–water partition coefficient (Wildman–Crippen LogP) is 6.65. The number of carbonyl (C=O) groups is 2. The smallest absolute Gasteiger partial charge is 0.330 e. The van der Waals surface area contributed by atoms with Crippen LogP contribution in [0.15, 0.2) is 47.5 Å². The number of nitrogens with two attached hydrogens (primary N) is 1. The quantitative estimate of drug-likeness (QED) is 0.328. The van der Waals surface area contributed by atoms with Crippen molar-refractivity contribution in [3.63, 3.8) is 0 Å². The fourth-order valence-corrected chi connectivity index (χ4v) is 6.37. The summed E-state index contributed by atoms with van der Waals surface area (Å²) in [5.74, 6) is 0.183. The number of aromatic nitrogens is 2. The lowest BCUT2D eigenvalue weighted by Crippen LogP contribution is -2.35. The molecule has 200 valence electrons. The molecule has 0 bridgehead atoms. The van der Waals surface area contributed by atoms with Crippen LogP contribution in [0.5, 0.6) is 0 Å². The summed E-state index contributed by atoms with van der Waals surface area (Å²) in [4.78, 5) is 28.0. The number of hydrogen-bond donors (Lipinski definition) is 2. The fraction of sp³-hybridized carbons (Fsp3) is 0.370. The van der Waals surface area contributed by atoms with Gasteiger partial charge in [0.15, 0.2) is 0 Å². The van der Waals surface area contributed by atoms with Crippen LogP contribution in [0.1, 0.15) is 42.4 Å². The third-order valence-electron chi connectivity index (χ3n) is 7.40. The van der Waals surface area contributed by atoms with E-state index in [4.69, 9.17) is 17.3 Å². The molecule has 2 aromatic carbocycles. The van der Waals surface area contributed by atoms with E-state index in [0.29, 0.717) is 30.1 Å². The molecule has 6 nitrogen and oxygen atoms in total. The van der Waals surface area contributed by atoms with Crippen molar-refractivity contribution in [2.24, 2.45) is 17.6 Å². The number of nitrogens with one attached hydrogen (secondary N) is 1. The van der Waals surface area contributed by atoms with E-state index >= 15 is 0 Å². The summed E-state index contributed by atoms with van der Waals surface area (Å²) in [6.07, 6.45) is 0.440. The van der Waals surface area contributed by atoms with Crippen LogP contribution >= 0.6 is 23.4 Å². The highest BCUT2D eigenvalue weighted by Crippen LogP contribution is 2.42. The molecule has 2 fully saturated rings. The topological polar surface area (TPSA) is 92.1 Å². The Morgan fingerprint density at radius 1 is 1.11 bits per heavy atom. The Morgan fingerprint density at radius 2 is 1.84 bits per heavy atom. The summed E-state index contributed by atoms with van der Waals surface area (Å²) in [7, 11) is 0. The van der Waals surface area contributed by atoms with Crippen LogP contribution in [0.25, 0.3) is 16.5 Å². The normalized spacial score (nSPS) is 22.0. The zero-order valence-corrected chi connectivity index (χ0v) is 21.9. The fourth-order valence-electron chi connectivity index (χ4n) is 5.25. The summed E-state index contributed by atoms with van der Waals surface area (Å²) in [5, 5.41) is 7.15. The number of alkyl halides is 3. The van der Waals surface area contributed by atoms with Crippen molar-refractivity contribution in [1.82, 2.24) is 15.1 Å². The number of imide groups is 1. The minimum atomic E-state index is -4.64. The number of amides is 2. The van der Waals surface area contributed by atoms with E-state index in [1.165, 1.54) is 17.0 Å². The van der Waals surface area contributed by atoms with E-state index in [2.05, 4.69) is 10.2 Å². The molecule has 1 saturated heterocycles. The minimum absolute atomic E-state index is 0.0314. The molecule has 11 heteroatoms. The number of thioether (sulfide) groups is 1. The van der Waals surface area contributed by atoms with E-state index in [9.17, 15) is 22.8 Å². The maximum atomic E-state index is 13.9. The number of carbonyl (C=O) groups excluding carboxylic acids is 2. The summed E-state index contributed by atoms with van der Waals surface area (Å²) >= 11 is 6.68. The number of halogens is 4. The van der Waals surface area contributed by atoms with Gasteiger partial charge in [-0.2, -0.15) is 18.3 Å². The summed E-state index contributed by atoms with van der Waals surface area (Å²) < 4.78 is 41.7. The van der Waals surface area contributed by atoms with E-state index < -0.39 is 22.9 Å². The molecule has 1 saturated carbocycles. The highest BCUT2D eigenvalue weighted by Gasteiger charge is 2.40. The minimum Gasteiger partial charge on any atom is -0.330 e. The molecule has 2 aliphatic rings. The van der Waals surface area contributed by atoms with Gasteiger partial charge < -0.3 is 5.73 Å². The van der Waals surface area contributed by atoms with Crippen LogP contribution in [0.4, 0.5) is 18.0 Å². The second kappa shape index (κ2) is 10.7. The average Bonchev–Trinajstić information content (AvgIpc) is 3.47. The van der Waals surface area contributed by atoms with Crippen LogP contribution in [0.3, 0.4) is 0 Å². The van der Waals surface area contributed by atoms with Crippen molar-refractivity contribution in [1.29, 1.82) is 0 Å². The highest BCUT2D eigenvalue weighted by molar-refractivity contribution is 8.18. The summed E-state index contributed by atoms with van der Waals surface area (Å²) in [6, 6.07) is 8.84. The molecule has 5 rings (SSSR count). The van der Waals surface area contributed by atoms with E-state index in [1.54, 1.807) is 24.4 Å². The molecule has 0 spiro atoms. The lowest BCUT2D eigenvalue weighted by atomic mass is 9.82. The van der Waals surface area contributed by atoms with Crippen molar-refractivity contribution in [2.45, 2.75) is 38.3 Å². The zero-order chi connectivity index (χ0) is 27.0. The van der Waals surface area contributed by atoms with Gasteiger partial charge in [0, 0.05) is 17.0 Å². The van der Waals surface area contributed by atoms with Crippen LogP contribution in [0, 0.1) is 11.8 Å². The molecule has 2 amide bonds. The Morgan fingerprint density at radius 3 is 2.55 bits per heavy atom. The standard InChI is InChI=1S/C27H26ClF3N4O2S/c28-20-7-5-18(22(11-20)27(29,30)31)10-21(17-6-8-23-19(9-17)13-33-34-23)24-25(36)35(26(37)38-24)14-16-3-1-15(12-32)2-4-16/h5-9,11,13,15-16H,1-4,10,12,14,32H2,(H,33,34)/b24-21-/t15-,16-. The molecule has 3 N–H and O–H groups in total. The van der Waals surface area contributed by atoms with Gasteiger partial charge >= 0.3 is 6.18 Å². The second-order valence-corrected chi connectivity index (χ2v) is 11.3. The Kier molecular flexibility index (Phi) is 7.57. The van der Waals surface area contributed by atoms with Crippen molar-refractivity contribution < 1.29 is 22.8 Å². The molecule has 0 unspecified atom stereocenters. The van der Waals surface area contributed by atoms with E-state index in [1.807, 2.05) is 0 Å². The van der Waals surface area contributed by atoms with Crippen molar-refractivity contribution in [2.75, 3.05) is 13.1 Å². The average molecular weight is 563 g/mol. The number of benzene rings is 2. The molecule has 1 aliphatic carbocycles. The first-order valence-electron chi connectivity index (χ1n) is 12.4. The molecule has 3 aromatic rings. The number of nitrogens with zero attached hydrogens (tertiary/aromatic N) is 2. The first-order chi connectivity index (χ1) is 18.1. The lowest BCUT2D eigenvalue weighted by molar-refractivity contribution is -0.138. The molecule has 38 heavy (non-hydrogen) atoms. The van der Waals surface area contributed by atoms with Crippen LogP contribution in [-0.2, 0) is 17.4 Å². The number of fused-ring (bicyclic) bond motifs is 1. The number of allylic oxidation sites excluding steroid dienone is 1. The second-order valence-electron chi connectivity index (χ2n) is 9.86. The molecule has 1 aromatic heterocycles. The van der Waals surface area contributed by atoms with Crippen LogP contribution in [0.2, 0.25) is 5.02 Å². The monoisotopic (exact) mass is 562 g/mol. The van der Waals surface area contributed by atoms with Crippen molar-refractivity contribution in [3.05, 3.63) is 69.2 Å². The predicted molar refractivity (Wildman–Crippen MR) is 142 cm³/mol. The first kappa shape index (κ1) is 26.8. The maximum absolute atomic E-state index is 13.9. The van der Waals surface area contributed by atoms with Crippen LogP contribution < -0.4 is 5.73 Å². The van der Waals surface area contributed by atoms with Gasteiger partial charge in [-0.05, 0) is 103 Å². The van der Waals surface area contributed by atoms with Gasteiger partial charge in [0.1, 0.15) is 0 Å². The highest BCUT2D eigenvalue weighted by atomic mass is 35.5. The Balaban J connectivity index is 1.53. The summed E-state index contributed by atoms with van der Waals surface area (Å²) in [5.41, 5.74) is 6.54. The van der Waals surface area contributed by atoms with Gasteiger partial charge in [-0.15, -0.1) is 0 Å². The molecular weight excluding hydrogens is 537 g/mol. The number of aromatic amines is 1. The van der Waals surface area contributed by atoms with Gasteiger partial charge in [-0.25, -0.2) is 0 Å². The maximum Gasteiger partial charge on any atom is 0.416 e. The molecule has 0 atom stereocenters. The largest absolute Gasteiger partial charge is 0.416 e. The molecule has 0 radical (unpaired) electrons. The Bertz CT molecular complexity index is 1410. The van der Waals surface area contributed by atoms with Gasteiger partial charge in [-0.3, -0.25) is 19.6 Å². The Labute approximate surface area is 226 Å². The van der Waals surface area contributed by atoms with Crippen molar-refractivity contribution >= 4 is 51.0 Å². The first-order valence-corrected chi connectivity index (χ1v) is 13.6. The lowest BCUT2D eigenvalue weighted by Gasteiger charge is -2.29. The van der Waals surface area contributed by atoms with Gasteiger partial charge in [0.05, 0.1) is 22.2 Å². The van der Waals surface area contributed by atoms with Gasteiger partial charge in [0.2, 0.25) is 0 Å².